The summed E-state index contributed by atoms with van der Waals surface area (Å²) in [5.74, 6) is 0. The summed E-state index contributed by atoms with van der Waals surface area (Å²) >= 11 is 0. The topological polar surface area (TPSA) is 3.24 Å². The van der Waals surface area contributed by atoms with Gasteiger partial charge in [-0.05, 0) is 38.9 Å². The summed E-state index contributed by atoms with van der Waals surface area (Å²) in [6, 6.07) is 0. The van der Waals surface area contributed by atoms with Gasteiger partial charge in [0.15, 0.2) is 0 Å². The maximum Gasteiger partial charge on any atom is -0.00187 e. The Bertz CT molecular complexity index is 133. The third-order valence-corrected chi connectivity index (χ3v) is 3.98. The van der Waals surface area contributed by atoms with Gasteiger partial charge in [-0.2, -0.15) is 0 Å². The van der Waals surface area contributed by atoms with Crippen molar-refractivity contribution in [3.63, 3.8) is 0 Å². The van der Waals surface area contributed by atoms with Crippen molar-refractivity contribution >= 4 is 0 Å². The van der Waals surface area contributed by atoms with Gasteiger partial charge in [0, 0.05) is 0 Å². The van der Waals surface area contributed by atoms with Gasteiger partial charge in [-0.25, -0.2) is 0 Å². The van der Waals surface area contributed by atoms with Gasteiger partial charge >= 0.3 is 0 Å². The summed E-state index contributed by atoms with van der Waals surface area (Å²) in [5, 5.41) is 0. The van der Waals surface area contributed by atoms with Crippen molar-refractivity contribution in [3.05, 3.63) is 0 Å². The summed E-state index contributed by atoms with van der Waals surface area (Å²) in [7, 11) is 0. The van der Waals surface area contributed by atoms with Crippen LogP contribution in [-0.4, -0.2) is 24.5 Å². The molecule has 0 atom stereocenters. The lowest BCUT2D eigenvalue weighted by molar-refractivity contribution is -0.00000438. The largest absolute Gasteiger partial charge is 1.00 e. The first-order valence-electron chi connectivity index (χ1n) is 9.07. The molecule has 0 aromatic rings. The van der Waals surface area contributed by atoms with E-state index in [2.05, 4.69) is 25.7 Å². The molecule has 0 spiro atoms. The fraction of sp³-hybridized carbons (Fsp3) is 1.00. The van der Waals surface area contributed by atoms with Crippen molar-refractivity contribution in [1.29, 1.82) is 0 Å². The molecule has 124 valence electrons. The molecule has 0 aliphatic carbocycles. The van der Waals surface area contributed by atoms with Crippen LogP contribution in [0, 0.1) is 0 Å². The van der Waals surface area contributed by atoms with E-state index in [0.717, 1.165) is 0 Å². The summed E-state index contributed by atoms with van der Waals surface area (Å²) in [6.45, 7) is 10.9. The van der Waals surface area contributed by atoms with Crippen molar-refractivity contribution in [3.8, 4) is 0 Å². The minimum Gasteiger partial charge on any atom is -1.00 e. The summed E-state index contributed by atoms with van der Waals surface area (Å²) in [4.78, 5) is 2.74. The Morgan fingerprint density at radius 3 is 1.00 bits per heavy atom. The molecule has 0 fully saturated rings. The molecule has 0 radical (unpaired) electrons. The SMILES string of the molecule is CCCCCCN(CCCCCC)CCCCCC.[Br-]. The second kappa shape index (κ2) is 19.4. The quantitative estimate of drug-likeness (QED) is 0.411. The molecule has 0 aliphatic heterocycles. The van der Waals surface area contributed by atoms with Crippen LogP contribution in [0.2, 0.25) is 0 Å². The maximum atomic E-state index is 2.74. The molecule has 0 aliphatic rings. The first-order chi connectivity index (χ1) is 9.35. The van der Waals surface area contributed by atoms with E-state index in [1.807, 2.05) is 0 Å². The van der Waals surface area contributed by atoms with Crippen molar-refractivity contribution in [2.45, 2.75) is 97.8 Å². The Morgan fingerprint density at radius 1 is 0.450 bits per heavy atom. The molecular weight excluding hydrogens is 310 g/mol. The van der Waals surface area contributed by atoms with Gasteiger partial charge in [0.25, 0.3) is 0 Å². The zero-order valence-corrected chi connectivity index (χ0v) is 16.0. The summed E-state index contributed by atoms with van der Waals surface area (Å²) < 4.78 is 0. The van der Waals surface area contributed by atoms with Crippen LogP contribution < -0.4 is 17.0 Å². The molecule has 0 saturated heterocycles. The molecule has 0 aromatic heterocycles. The standard InChI is InChI=1S/C18H39N.BrH/c1-4-7-10-13-16-19(17-14-11-8-5-2)18-15-12-9-6-3;/h4-18H2,1-3H3;1H/p-1. The Balaban J connectivity index is 0. The molecule has 2 heteroatoms. The number of hydrogen-bond donors (Lipinski definition) is 0. The third kappa shape index (κ3) is 16.5. The fourth-order valence-electron chi connectivity index (χ4n) is 2.62. The van der Waals surface area contributed by atoms with Crippen molar-refractivity contribution in [1.82, 2.24) is 4.90 Å². The minimum atomic E-state index is 0. The van der Waals surface area contributed by atoms with E-state index in [1.165, 1.54) is 96.7 Å². The number of hydrogen-bond acceptors (Lipinski definition) is 1. The molecule has 0 unspecified atom stereocenters. The Labute approximate surface area is 139 Å². The highest BCUT2D eigenvalue weighted by Gasteiger charge is 2.04. The highest BCUT2D eigenvalue weighted by atomic mass is 79.9. The molecule has 0 aromatic carbocycles. The number of halogens is 1. The zero-order chi connectivity index (χ0) is 14.2. The lowest BCUT2D eigenvalue weighted by Gasteiger charge is -2.22. The molecule has 0 N–H and O–H groups in total. The smallest absolute Gasteiger partial charge is 0.00187 e. The Morgan fingerprint density at radius 2 is 0.750 bits per heavy atom. The van der Waals surface area contributed by atoms with Gasteiger partial charge in [0.05, 0.1) is 0 Å². The minimum absolute atomic E-state index is 0. The van der Waals surface area contributed by atoms with Crippen LogP contribution in [0.4, 0.5) is 0 Å². The van der Waals surface area contributed by atoms with Crippen LogP contribution in [-0.2, 0) is 0 Å². The molecule has 0 amide bonds. The van der Waals surface area contributed by atoms with Gasteiger partial charge in [-0.3, -0.25) is 0 Å². The van der Waals surface area contributed by atoms with E-state index in [1.54, 1.807) is 0 Å². The average Bonchev–Trinajstić information content (AvgIpc) is 2.43. The van der Waals surface area contributed by atoms with Crippen molar-refractivity contribution in [2.75, 3.05) is 19.6 Å². The van der Waals surface area contributed by atoms with Crippen LogP contribution in [0.25, 0.3) is 0 Å². The predicted octanol–water partition coefficient (Wildman–Crippen LogP) is 3.03. The monoisotopic (exact) mass is 348 g/mol. The van der Waals surface area contributed by atoms with E-state index >= 15 is 0 Å². The Hall–Kier alpha value is 0.440. The molecular formula is C18H39BrN-. The second-order valence-electron chi connectivity index (χ2n) is 6.02. The van der Waals surface area contributed by atoms with Crippen LogP contribution in [0.1, 0.15) is 97.8 Å². The van der Waals surface area contributed by atoms with Crippen LogP contribution >= 0.6 is 0 Å². The van der Waals surface area contributed by atoms with Gasteiger partial charge in [0.2, 0.25) is 0 Å². The lowest BCUT2D eigenvalue weighted by atomic mass is 10.1. The lowest BCUT2D eigenvalue weighted by Crippen LogP contribution is -3.00. The van der Waals surface area contributed by atoms with Crippen LogP contribution in [0.3, 0.4) is 0 Å². The molecule has 0 rings (SSSR count). The van der Waals surface area contributed by atoms with E-state index < -0.39 is 0 Å². The third-order valence-electron chi connectivity index (χ3n) is 3.98. The van der Waals surface area contributed by atoms with Gasteiger partial charge in [-0.15, -0.1) is 0 Å². The number of unbranched alkanes of at least 4 members (excludes halogenated alkanes) is 9. The number of rotatable bonds is 15. The van der Waals surface area contributed by atoms with Gasteiger partial charge in [0.1, 0.15) is 0 Å². The predicted molar refractivity (Wildman–Crippen MR) is 88.9 cm³/mol. The van der Waals surface area contributed by atoms with E-state index in [-0.39, 0.29) is 17.0 Å². The fourth-order valence-corrected chi connectivity index (χ4v) is 2.62. The van der Waals surface area contributed by atoms with E-state index in [4.69, 9.17) is 0 Å². The van der Waals surface area contributed by atoms with E-state index in [9.17, 15) is 0 Å². The summed E-state index contributed by atoms with van der Waals surface area (Å²) in [5.41, 5.74) is 0. The molecule has 0 bridgehead atoms. The molecule has 1 nitrogen and oxygen atoms in total. The molecule has 20 heavy (non-hydrogen) atoms. The average molecular weight is 349 g/mol. The van der Waals surface area contributed by atoms with Crippen molar-refractivity contribution in [2.24, 2.45) is 0 Å². The van der Waals surface area contributed by atoms with Gasteiger partial charge < -0.3 is 21.9 Å². The summed E-state index contributed by atoms with van der Waals surface area (Å²) in [6.07, 6.45) is 16.8. The highest BCUT2D eigenvalue weighted by molar-refractivity contribution is 4.59. The second-order valence-corrected chi connectivity index (χ2v) is 6.02. The van der Waals surface area contributed by atoms with Crippen molar-refractivity contribution < 1.29 is 17.0 Å². The van der Waals surface area contributed by atoms with Crippen LogP contribution in [0.5, 0.6) is 0 Å². The van der Waals surface area contributed by atoms with Crippen LogP contribution in [0.15, 0.2) is 0 Å². The molecule has 0 heterocycles. The number of nitrogens with zero attached hydrogens (tertiary/aromatic N) is 1. The maximum absolute atomic E-state index is 2.74. The van der Waals surface area contributed by atoms with E-state index in [0.29, 0.717) is 0 Å². The van der Waals surface area contributed by atoms with Gasteiger partial charge in [-0.1, -0.05) is 78.6 Å². The first kappa shape index (κ1) is 22.7. The molecule has 0 saturated carbocycles. The zero-order valence-electron chi connectivity index (χ0n) is 14.4. The normalized spacial score (nSPS) is 10.8. The Kier molecular flexibility index (Phi) is 22.1. The first-order valence-corrected chi connectivity index (χ1v) is 9.07. The highest BCUT2D eigenvalue weighted by Crippen LogP contribution is 2.08.